The lowest BCUT2D eigenvalue weighted by molar-refractivity contribution is 0.217. The first-order chi connectivity index (χ1) is 9.22. The van der Waals surface area contributed by atoms with Crippen molar-refractivity contribution in [2.75, 3.05) is 11.9 Å². The first kappa shape index (κ1) is 12.0. The fourth-order valence-corrected chi connectivity index (χ4v) is 2.20. The number of amides is 2. The van der Waals surface area contributed by atoms with E-state index in [9.17, 15) is 9.90 Å². The number of benzene rings is 2. The molecule has 1 saturated carbocycles. The van der Waals surface area contributed by atoms with Crippen LogP contribution in [0.5, 0.6) is 0 Å². The molecule has 0 radical (unpaired) electrons. The van der Waals surface area contributed by atoms with Crippen LogP contribution in [0.2, 0.25) is 0 Å². The van der Waals surface area contributed by atoms with Gasteiger partial charge in [0.1, 0.15) is 0 Å². The summed E-state index contributed by atoms with van der Waals surface area (Å²) in [5.41, 5.74) is 0.388. The molecule has 0 aliphatic heterocycles. The van der Waals surface area contributed by atoms with Crippen LogP contribution in [-0.2, 0) is 0 Å². The van der Waals surface area contributed by atoms with Crippen LogP contribution in [0.1, 0.15) is 12.8 Å². The fourth-order valence-electron chi connectivity index (χ4n) is 2.20. The molecule has 1 fully saturated rings. The lowest BCUT2D eigenvalue weighted by Gasteiger charge is -2.15. The highest BCUT2D eigenvalue weighted by molar-refractivity contribution is 6.01. The molecular weight excluding hydrogens is 240 g/mol. The molecular formula is C15H16N2O2. The van der Waals surface area contributed by atoms with Gasteiger partial charge in [0.2, 0.25) is 0 Å². The van der Waals surface area contributed by atoms with E-state index >= 15 is 0 Å². The van der Waals surface area contributed by atoms with Crippen molar-refractivity contribution < 1.29 is 9.90 Å². The second-order valence-corrected chi connectivity index (χ2v) is 5.04. The van der Waals surface area contributed by atoms with Crippen LogP contribution in [0.4, 0.5) is 10.5 Å². The van der Waals surface area contributed by atoms with E-state index < -0.39 is 5.54 Å². The number of aliphatic hydroxyl groups excluding tert-OH is 1. The van der Waals surface area contributed by atoms with E-state index in [1.807, 2.05) is 42.5 Å². The smallest absolute Gasteiger partial charge is 0.319 e. The molecule has 2 amide bonds. The summed E-state index contributed by atoms with van der Waals surface area (Å²) in [6.45, 7) is -0.00401. The zero-order valence-corrected chi connectivity index (χ0v) is 10.5. The quantitative estimate of drug-likeness (QED) is 0.790. The van der Waals surface area contributed by atoms with Gasteiger partial charge in [-0.1, -0.05) is 36.4 Å². The number of hydrogen-bond donors (Lipinski definition) is 3. The van der Waals surface area contributed by atoms with Gasteiger partial charge in [0.15, 0.2) is 0 Å². The average Bonchev–Trinajstić information content (AvgIpc) is 3.19. The first-order valence-electron chi connectivity index (χ1n) is 6.40. The molecule has 0 bridgehead atoms. The lowest BCUT2D eigenvalue weighted by atomic mass is 10.1. The number of nitrogens with one attached hydrogen (secondary N) is 2. The summed E-state index contributed by atoms with van der Waals surface area (Å²) in [4.78, 5) is 11.9. The molecule has 4 heteroatoms. The first-order valence-corrected chi connectivity index (χ1v) is 6.40. The summed E-state index contributed by atoms with van der Waals surface area (Å²) in [5, 5.41) is 17.0. The lowest BCUT2D eigenvalue weighted by Crippen LogP contribution is -2.42. The minimum atomic E-state index is -0.394. The van der Waals surface area contributed by atoms with Crippen molar-refractivity contribution in [1.29, 1.82) is 0 Å². The Balaban J connectivity index is 1.80. The highest BCUT2D eigenvalue weighted by Crippen LogP contribution is 2.34. The molecule has 2 aromatic carbocycles. The Kier molecular flexibility index (Phi) is 2.87. The Morgan fingerprint density at radius 1 is 1.16 bits per heavy atom. The van der Waals surface area contributed by atoms with Gasteiger partial charge >= 0.3 is 6.03 Å². The fraction of sp³-hybridized carbons (Fsp3) is 0.267. The van der Waals surface area contributed by atoms with Crippen LogP contribution in [0.15, 0.2) is 42.5 Å². The molecule has 0 atom stereocenters. The Bertz CT molecular complexity index is 615. The summed E-state index contributed by atoms with van der Waals surface area (Å²) in [5.74, 6) is 0. The second-order valence-electron chi connectivity index (χ2n) is 5.04. The monoisotopic (exact) mass is 256 g/mol. The van der Waals surface area contributed by atoms with E-state index in [0.29, 0.717) is 0 Å². The third-order valence-corrected chi connectivity index (χ3v) is 3.57. The van der Waals surface area contributed by atoms with Crippen molar-refractivity contribution in [3.8, 4) is 0 Å². The highest BCUT2D eigenvalue weighted by Gasteiger charge is 2.43. The Hall–Kier alpha value is -2.07. The normalized spacial score (nSPS) is 16.1. The standard InChI is InChI=1S/C15H16N2O2/c18-10-15(8-9-15)17-14(19)16-13-7-3-5-11-4-1-2-6-12(11)13/h1-7,18H,8-10H2,(H2,16,17,19). The minimum Gasteiger partial charge on any atom is -0.394 e. The SMILES string of the molecule is O=C(Nc1cccc2ccccc12)NC1(CO)CC1. The Labute approximate surface area is 111 Å². The molecule has 0 saturated heterocycles. The van der Waals surface area contributed by atoms with Gasteiger partial charge in [-0.15, -0.1) is 0 Å². The molecule has 0 heterocycles. The average molecular weight is 256 g/mol. The molecule has 19 heavy (non-hydrogen) atoms. The third-order valence-electron chi connectivity index (χ3n) is 3.57. The summed E-state index contributed by atoms with van der Waals surface area (Å²) >= 11 is 0. The molecule has 0 unspecified atom stereocenters. The predicted octanol–water partition coefficient (Wildman–Crippen LogP) is 2.49. The third kappa shape index (κ3) is 2.39. The summed E-state index contributed by atoms with van der Waals surface area (Å²) in [6, 6.07) is 13.4. The van der Waals surface area contributed by atoms with Crippen molar-refractivity contribution in [2.24, 2.45) is 0 Å². The maximum absolute atomic E-state index is 11.9. The van der Waals surface area contributed by atoms with E-state index in [-0.39, 0.29) is 12.6 Å². The number of hydrogen-bond acceptors (Lipinski definition) is 2. The maximum Gasteiger partial charge on any atom is 0.319 e. The molecule has 0 aromatic heterocycles. The maximum atomic E-state index is 11.9. The van der Waals surface area contributed by atoms with Crippen LogP contribution in [-0.4, -0.2) is 23.3 Å². The largest absolute Gasteiger partial charge is 0.394 e. The van der Waals surface area contributed by atoms with Crippen molar-refractivity contribution in [3.05, 3.63) is 42.5 Å². The van der Waals surface area contributed by atoms with Crippen molar-refractivity contribution in [1.82, 2.24) is 5.32 Å². The van der Waals surface area contributed by atoms with E-state index in [0.717, 1.165) is 29.3 Å². The highest BCUT2D eigenvalue weighted by atomic mass is 16.3. The molecule has 3 N–H and O–H groups in total. The summed E-state index contributed by atoms with van der Waals surface area (Å²) < 4.78 is 0. The molecule has 4 nitrogen and oxygen atoms in total. The van der Waals surface area contributed by atoms with Crippen LogP contribution < -0.4 is 10.6 Å². The molecule has 3 rings (SSSR count). The molecule has 98 valence electrons. The number of carbonyl (C=O) groups excluding carboxylic acids is 1. The number of anilines is 1. The van der Waals surface area contributed by atoms with E-state index in [1.54, 1.807) is 0 Å². The van der Waals surface area contributed by atoms with Crippen LogP contribution in [0.25, 0.3) is 10.8 Å². The van der Waals surface area contributed by atoms with Gasteiger partial charge in [-0.05, 0) is 24.3 Å². The van der Waals surface area contributed by atoms with Crippen molar-refractivity contribution in [3.63, 3.8) is 0 Å². The van der Waals surface area contributed by atoms with Crippen molar-refractivity contribution in [2.45, 2.75) is 18.4 Å². The number of rotatable bonds is 3. The minimum absolute atomic E-state index is 0.00401. The number of aliphatic hydroxyl groups is 1. The summed E-state index contributed by atoms with van der Waals surface area (Å²) in [6.07, 6.45) is 1.68. The number of urea groups is 1. The Morgan fingerprint density at radius 3 is 2.63 bits per heavy atom. The topological polar surface area (TPSA) is 61.4 Å². The van der Waals surface area contributed by atoms with Crippen LogP contribution >= 0.6 is 0 Å². The molecule has 1 aliphatic rings. The zero-order chi connectivity index (χ0) is 13.3. The van der Waals surface area contributed by atoms with Crippen LogP contribution in [0, 0.1) is 0 Å². The van der Waals surface area contributed by atoms with Crippen molar-refractivity contribution >= 4 is 22.5 Å². The van der Waals surface area contributed by atoms with Gasteiger partial charge in [-0.25, -0.2) is 4.79 Å². The van der Waals surface area contributed by atoms with Gasteiger partial charge in [0.05, 0.1) is 17.8 Å². The van der Waals surface area contributed by atoms with E-state index in [1.165, 1.54) is 0 Å². The zero-order valence-electron chi connectivity index (χ0n) is 10.5. The Morgan fingerprint density at radius 2 is 1.89 bits per heavy atom. The second kappa shape index (κ2) is 4.55. The number of fused-ring (bicyclic) bond motifs is 1. The van der Waals surface area contributed by atoms with Gasteiger partial charge in [-0.3, -0.25) is 0 Å². The van der Waals surface area contributed by atoms with Crippen LogP contribution in [0.3, 0.4) is 0 Å². The molecule has 1 aliphatic carbocycles. The molecule has 2 aromatic rings. The van der Waals surface area contributed by atoms with Gasteiger partial charge in [-0.2, -0.15) is 0 Å². The molecule has 0 spiro atoms. The van der Waals surface area contributed by atoms with Gasteiger partial charge in [0, 0.05) is 5.39 Å². The van der Waals surface area contributed by atoms with E-state index in [2.05, 4.69) is 10.6 Å². The predicted molar refractivity (Wildman–Crippen MR) is 75.2 cm³/mol. The van der Waals surface area contributed by atoms with E-state index in [4.69, 9.17) is 0 Å². The number of carbonyl (C=O) groups is 1. The van der Waals surface area contributed by atoms with Gasteiger partial charge in [0.25, 0.3) is 0 Å². The summed E-state index contributed by atoms with van der Waals surface area (Å²) in [7, 11) is 0. The van der Waals surface area contributed by atoms with Gasteiger partial charge < -0.3 is 15.7 Å².